The molecule has 122 valence electrons. The number of nitrogens with one attached hydrogen (secondary N) is 2. The number of amides is 2. The molecule has 2 aromatic carbocycles. The molecule has 0 bridgehead atoms. The fraction of sp³-hybridized carbons (Fsp3) is 0.0588. The minimum atomic E-state index is -0.528. The predicted molar refractivity (Wildman–Crippen MR) is 90.6 cm³/mol. The summed E-state index contributed by atoms with van der Waals surface area (Å²) in [4.78, 5) is 33.5. The number of rotatable bonds is 5. The smallest absolute Gasteiger partial charge is 0.271 e. The molecule has 0 saturated carbocycles. The number of hydrogen-bond donors (Lipinski definition) is 2. The number of hydrogen-bond acceptors (Lipinski definition) is 4. The minimum Gasteiger partial charge on any atom is -0.355 e. The zero-order valence-electron chi connectivity index (χ0n) is 12.9. The molecule has 0 aromatic heterocycles. The third-order valence-electron chi connectivity index (χ3n) is 3.15. The first kappa shape index (κ1) is 16.9. The highest BCUT2D eigenvalue weighted by Crippen LogP contribution is 2.17. The van der Waals surface area contributed by atoms with Gasteiger partial charge in [-0.3, -0.25) is 19.7 Å². The van der Waals surface area contributed by atoms with Crippen LogP contribution in [0.15, 0.2) is 54.6 Å². The average molecular weight is 325 g/mol. The molecule has 0 aliphatic heterocycles. The van der Waals surface area contributed by atoms with Crippen molar-refractivity contribution in [1.82, 2.24) is 5.32 Å². The first-order valence-electron chi connectivity index (χ1n) is 7.05. The Morgan fingerprint density at radius 2 is 1.83 bits per heavy atom. The molecule has 7 heteroatoms. The standard InChI is InChI=1S/C17H15N3O4/c1-18-17(22)13-8-5-12(6-9-13)7-10-16(21)19-14-3-2-4-15(11-14)20(23)24/h2-11H,1H3,(H,18,22)(H,19,21)/b10-7+. The SMILES string of the molecule is CNC(=O)c1ccc(/C=C/C(=O)Nc2cccc([N+](=O)[O-])c2)cc1. The van der Waals surface area contributed by atoms with Gasteiger partial charge in [0.15, 0.2) is 0 Å². The van der Waals surface area contributed by atoms with E-state index in [-0.39, 0.29) is 11.6 Å². The van der Waals surface area contributed by atoms with Gasteiger partial charge in [-0.2, -0.15) is 0 Å². The lowest BCUT2D eigenvalue weighted by Crippen LogP contribution is -2.17. The van der Waals surface area contributed by atoms with Crippen molar-refractivity contribution in [2.24, 2.45) is 0 Å². The number of carbonyl (C=O) groups excluding carboxylic acids is 2. The summed E-state index contributed by atoms with van der Waals surface area (Å²) in [5, 5.41) is 15.8. The van der Waals surface area contributed by atoms with Crippen LogP contribution in [-0.4, -0.2) is 23.8 Å². The Bertz CT molecular complexity index is 798. The molecular formula is C17H15N3O4. The van der Waals surface area contributed by atoms with Crippen LogP contribution < -0.4 is 10.6 Å². The lowest BCUT2D eigenvalue weighted by Gasteiger charge is -2.02. The van der Waals surface area contributed by atoms with E-state index in [1.165, 1.54) is 24.3 Å². The van der Waals surface area contributed by atoms with E-state index in [9.17, 15) is 19.7 Å². The van der Waals surface area contributed by atoms with Crippen molar-refractivity contribution >= 4 is 29.3 Å². The second-order valence-electron chi connectivity index (χ2n) is 4.83. The summed E-state index contributed by atoms with van der Waals surface area (Å²) in [7, 11) is 1.55. The number of nitro benzene ring substituents is 1. The number of carbonyl (C=O) groups is 2. The number of anilines is 1. The van der Waals surface area contributed by atoms with Crippen molar-refractivity contribution in [3.8, 4) is 0 Å². The predicted octanol–water partition coefficient (Wildman–Crippen LogP) is 2.61. The Balaban J connectivity index is 2.01. The van der Waals surface area contributed by atoms with Crippen molar-refractivity contribution in [1.29, 1.82) is 0 Å². The van der Waals surface area contributed by atoms with Crippen LogP contribution in [0.2, 0.25) is 0 Å². The van der Waals surface area contributed by atoms with E-state index in [0.29, 0.717) is 11.3 Å². The largest absolute Gasteiger partial charge is 0.355 e. The van der Waals surface area contributed by atoms with Gasteiger partial charge in [-0.05, 0) is 29.8 Å². The second-order valence-corrected chi connectivity index (χ2v) is 4.83. The molecular weight excluding hydrogens is 310 g/mol. The molecule has 0 heterocycles. The van der Waals surface area contributed by atoms with Crippen LogP contribution >= 0.6 is 0 Å². The van der Waals surface area contributed by atoms with Crippen molar-refractivity contribution in [2.75, 3.05) is 12.4 Å². The van der Waals surface area contributed by atoms with E-state index >= 15 is 0 Å². The van der Waals surface area contributed by atoms with Crippen molar-refractivity contribution in [3.63, 3.8) is 0 Å². The normalized spacial score (nSPS) is 10.4. The van der Waals surface area contributed by atoms with Gasteiger partial charge in [0.2, 0.25) is 5.91 Å². The first-order chi connectivity index (χ1) is 11.5. The van der Waals surface area contributed by atoms with E-state index in [4.69, 9.17) is 0 Å². The quantitative estimate of drug-likeness (QED) is 0.501. The Kier molecular flexibility index (Phi) is 5.40. The van der Waals surface area contributed by atoms with Crippen LogP contribution in [0.4, 0.5) is 11.4 Å². The highest BCUT2D eigenvalue weighted by atomic mass is 16.6. The third kappa shape index (κ3) is 4.51. The van der Waals surface area contributed by atoms with Gasteiger partial charge in [0.25, 0.3) is 11.6 Å². The lowest BCUT2D eigenvalue weighted by atomic mass is 10.1. The molecule has 0 unspecified atom stereocenters. The molecule has 2 aromatic rings. The summed E-state index contributed by atoms with van der Waals surface area (Å²) >= 11 is 0. The first-order valence-corrected chi connectivity index (χ1v) is 7.05. The molecule has 0 aliphatic carbocycles. The Labute approximate surface area is 138 Å². The Hall–Kier alpha value is -3.48. The summed E-state index contributed by atoms with van der Waals surface area (Å²) in [6.07, 6.45) is 2.90. The van der Waals surface area contributed by atoms with Gasteiger partial charge in [-0.15, -0.1) is 0 Å². The molecule has 0 saturated heterocycles. The highest BCUT2D eigenvalue weighted by Gasteiger charge is 2.06. The van der Waals surface area contributed by atoms with Crippen molar-refractivity contribution in [2.45, 2.75) is 0 Å². The van der Waals surface area contributed by atoms with E-state index < -0.39 is 10.8 Å². The van der Waals surface area contributed by atoms with Gasteiger partial charge >= 0.3 is 0 Å². The second kappa shape index (κ2) is 7.68. The lowest BCUT2D eigenvalue weighted by molar-refractivity contribution is -0.384. The van der Waals surface area contributed by atoms with Crippen molar-refractivity contribution < 1.29 is 14.5 Å². The average Bonchev–Trinajstić information content (AvgIpc) is 2.60. The van der Waals surface area contributed by atoms with Crippen LogP contribution in [0.25, 0.3) is 6.08 Å². The van der Waals surface area contributed by atoms with Crippen LogP contribution in [0.3, 0.4) is 0 Å². The van der Waals surface area contributed by atoms with Crippen LogP contribution in [0, 0.1) is 10.1 Å². The number of nitrogens with zero attached hydrogens (tertiary/aromatic N) is 1. The van der Waals surface area contributed by atoms with Crippen molar-refractivity contribution in [3.05, 3.63) is 75.8 Å². The molecule has 0 aliphatic rings. The maximum Gasteiger partial charge on any atom is 0.271 e. The number of nitro groups is 1. The summed E-state index contributed by atoms with van der Waals surface area (Å²) in [6.45, 7) is 0. The molecule has 2 rings (SSSR count). The fourth-order valence-electron chi connectivity index (χ4n) is 1.94. The molecule has 7 nitrogen and oxygen atoms in total. The number of benzene rings is 2. The highest BCUT2D eigenvalue weighted by molar-refractivity contribution is 6.02. The van der Waals surface area contributed by atoms with E-state index in [1.807, 2.05) is 0 Å². The fourth-order valence-corrected chi connectivity index (χ4v) is 1.94. The minimum absolute atomic E-state index is 0.0958. The molecule has 0 radical (unpaired) electrons. The van der Waals surface area contributed by atoms with E-state index in [1.54, 1.807) is 43.5 Å². The molecule has 0 fully saturated rings. The van der Waals surface area contributed by atoms with Crippen LogP contribution in [-0.2, 0) is 4.79 Å². The number of non-ortho nitro benzene ring substituents is 1. The van der Waals surface area contributed by atoms with Gasteiger partial charge in [-0.1, -0.05) is 18.2 Å². The van der Waals surface area contributed by atoms with E-state index in [2.05, 4.69) is 10.6 Å². The summed E-state index contributed by atoms with van der Waals surface area (Å²) in [5.41, 5.74) is 1.52. The molecule has 24 heavy (non-hydrogen) atoms. The molecule has 0 atom stereocenters. The molecule has 2 amide bonds. The maximum atomic E-state index is 11.9. The van der Waals surface area contributed by atoms with E-state index in [0.717, 1.165) is 5.56 Å². The summed E-state index contributed by atoms with van der Waals surface area (Å²) in [5.74, 6) is -0.597. The zero-order chi connectivity index (χ0) is 17.5. The maximum absolute atomic E-state index is 11.9. The van der Waals surface area contributed by atoms with Crippen LogP contribution in [0.1, 0.15) is 15.9 Å². The topological polar surface area (TPSA) is 101 Å². The van der Waals surface area contributed by atoms with Gasteiger partial charge in [0, 0.05) is 36.5 Å². The Morgan fingerprint density at radius 3 is 2.46 bits per heavy atom. The molecule has 2 N–H and O–H groups in total. The third-order valence-corrected chi connectivity index (χ3v) is 3.15. The van der Waals surface area contributed by atoms with Gasteiger partial charge < -0.3 is 10.6 Å². The molecule has 0 spiro atoms. The summed E-state index contributed by atoms with van der Waals surface area (Å²) in [6, 6.07) is 12.4. The van der Waals surface area contributed by atoms with Crippen LogP contribution in [0.5, 0.6) is 0 Å². The zero-order valence-corrected chi connectivity index (χ0v) is 12.9. The van der Waals surface area contributed by atoms with Gasteiger partial charge in [-0.25, -0.2) is 0 Å². The monoisotopic (exact) mass is 325 g/mol. The van der Waals surface area contributed by atoms with Gasteiger partial charge in [0.05, 0.1) is 4.92 Å². The summed E-state index contributed by atoms with van der Waals surface area (Å²) < 4.78 is 0. The van der Waals surface area contributed by atoms with Gasteiger partial charge in [0.1, 0.15) is 0 Å². The Morgan fingerprint density at radius 1 is 1.12 bits per heavy atom.